The van der Waals surface area contributed by atoms with Gasteiger partial charge in [0, 0.05) is 26.2 Å². The summed E-state index contributed by atoms with van der Waals surface area (Å²) in [6.45, 7) is 2.86. The van der Waals surface area contributed by atoms with E-state index >= 15 is 0 Å². The number of hydrogen-bond acceptors (Lipinski definition) is 4. The monoisotopic (exact) mass is 250 g/mol. The van der Waals surface area contributed by atoms with Crippen LogP contribution in [-0.4, -0.2) is 57.7 Å². The molecule has 94 valence electrons. The van der Waals surface area contributed by atoms with Crippen molar-refractivity contribution in [3.05, 3.63) is 0 Å². The number of hydrogen-bond donors (Lipinski definition) is 1. The molecule has 1 aliphatic heterocycles. The van der Waals surface area contributed by atoms with Crippen molar-refractivity contribution in [3.63, 3.8) is 0 Å². The van der Waals surface area contributed by atoms with Gasteiger partial charge in [0.2, 0.25) is 15.9 Å². The van der Waals surface area contributed by atoms with Crippen molar-refractivity contribution in [2.24, 2.45) is 5.92 Å². The Balaban J connectivity index is 2.32. The van der Waals surface area contributed by atoms with Crippen LogP contribution < -0.4 is 5.32 Å². The third-order valence-electron chi connectivity index (χ3n) is 2.49. The Labute approximate surface area is 96.0 Å². The topological polar surface area (TPSA) is 75.7 Å². The number of nitrogens with zero attached hydrogens (tertiary/aromatic N) is 1. The van der Waals surface area contributed by atoms with Crippen molar-refractivity contribution in [1.29, 1.82) is 0 Å². The molecule has 0 bridgehead atoms. The van der Waals surface area contributed by atoms with E-state index in [0.29, 0.717) is 6.61 Å². The minimum Gasteiger partial charge on any atom is -0.383 e. The predicted molar refractivity (Wildman–Crippen MR) is 59.4 cm³/mol. The third-order valence-corrected chi connectivity index (χ3v) is 3.73. The van der Waals surface area contributed by atoms with Gasteiger partial charge < -0.3 is 10.1 Å². The van der Waals surface area contributed by atoms with Crippen LogP contribution >= 0.6 is 0 Å². The maximum absolute atomic E-state index is 11.6. The van der Waals surface area contributed by atoms with Gasteiger partial charge in [-0.25, -0.2) is 12.7 Å². The van der Waals surface area contributed by atoms with Crippen LogP contribution in [0.1, 0.15) is 6.92 Å². The lowest BCUT2D eigenvalue weighted by atomic mass is 10.0. The molecule has 16 heavy (non-hydrogen) atoms. The third kappa shape index (κ3) is 3.43. The summed E-state index contributed by atoms with van der Waals surface area (Å²) < 4.78 is 28.3. The van der Waals surface area contributed by atoms with Crippen LogP contribution in [0.5, 0.6) is 0 Å². The molecule has 1 saturated heterocycles. The summed E-state index contributed by atoms with van der Waals surface area (Å²) >= 11 is 0. The first-order valence-electron chi connectivity index (χ1n) is 5.09. The summed E-state index contributed by atoms with van der Waals surface area (Å²) in [6, 6.07) is -0.0511. The predicted octanol–water partition coefficient (Wildman–Crippen LogP) is -0.971. The molecule has 0 radical (unpaired) electrons. The molecule has 0 aromatic heterocycles. The van der Waals surface area contributed by atoms with E-state index in [0.717, 1.165) is 6.26 Å². The second-order valence-electron chi connectivity index (χ2n) is 4.14. The van der Waals surface area contributed by atoms with Crippen LogP contribution in [0, 0.1) is 5.92 Å². The van der Waals surface area contributed by atoms with Crippen LogP contribution in [0.4, 0.5) is 0 Å². The van der Waals surface area contributed by atoms with Gasteiger partial charge in [-0.15, -0.1) is 0 Å². The number of rotatable bonds is 5. The summed E-state index contributed by atoms with van der Waals surface area (Å²) in [6.07, 6.45) is 1.15. The fourth-order valence-corrected chi connectivity index (χ4v) is 2.43. The Morgan fingerprint density at radius 1 is 1.56 bits per heavy atom. The molecule has 1 unspecified atom stereocenters. The van der Waals surface area contributed by atoms with Crippen molar-refractivity contribution in [3.8, 4) is 0 Å². The highest BCUT2D eigenvalue weighted by Crippen LogP contribution is 2.18. The van der Waals surface area contributed by atoms with Gasteiger partial charge in [-0.05, 0) is 6.92 Å². The van der Waals surface area contributed by atoms with Crippen molar-refractivity contribution < 1.29 is 17.9 Å². The van der Waals surface area contributed by atoms with Crippen LogP contribution in [0.25, 0.3) is 0 Å². The molecule has 7 heteroatoms. The molecule has 0 saturated carbocycles. The van der Waals surface area contributed by atoms with Gasteiger partial charge in [0.05, 0.1) is 18.8 Å². The van der Waals surface area contributed by atoms with E-state index in [1.807, 2.05) is 6.92 Å². The molecule has 0 aromatic rings. The zero-order chi connectivity index (χ0) is 12.3. The number of nitrogens with one attached hydrogen (secondary N) is 1. The first-order valence-corrected chi connectivity index (χ1v) is 6.94. The van der Waals surface area contributed by atoms with Crippen LogP contribution in [0.2, 0.25) is 0 Å². The van der Waals surface area contributed by atoms with E-state index in [-0.39, 0.29) is 31.0 Å². The fourth-order valence-electron chi connectivity index (χ4n) is 1.53. The van der Waals surface area contributed by atoms with Crippen LogP contribution in [-0.2, 0) is 19.6 Å². The van der Waals surface area contributed by atoms with Gasteiger partial charge in [0.1, 0.15) is 0 Å². The molecule has 1 rings (SSSR count). The summed E-state index contributed by atoms with van der Waals surface area (Å²) in [5.74, 6) is -0.335. The molecular weight excluding hydrogens is 232 g/mol. The number of carbonyl (C=O) groups excluding carboxylic acids is 1. The summed E-state index contributed by atoms with van der Waals surface area (Å²) in [5, 5.41) is 2.77. The van der Waals surface area contributed by atoms with Crippen molar-refractivity contribution in [1.82, 2.24) is 9.62 Å². The van der Waals surface area contributed by atoms with Crippen molar-refractivity contribution in [2.75, 3.05) is 33.1 Å². The highest BCUT2D eigenvalue weighted by Gasteiger charge is 2.37. The molecule has 1 N–H and O–H groups in total. The minimum atomic E-state index is -3.14. The van der Waals surface area contributed by atoms with E-state index in [1.54, 1.807) is 7.11 Å². The van der Waals surface area contributed by atoms with Crippen molar-refractivity contribution in [2.45, 2.75) is 13.0 Å². The Morgan fingerprint density at radius 3 is 2.56 bits per heavy atom. The summed E-state index contributed by atoms with van der Waals surface area (Å²) in [7, 11) is -1.58. The lowest BCUT2D eigenvalue weighted by Gasteiger charge is -2.36. The molecule has 1 fully saturated rings. The van der Waals surface area contributed by atoms with Crippen LogP contribution in [0.15, 0.2) is 0 Å². The second kappa shape index (κ2) is 5.11. The van der Waals surface area contributed by atoms with Crippen LogP contribution in [0.3, 0.4) is 0 Å². The highest BCUT2D eigenvalue weighted by atomic mass is 32.2. The maximum atomic E-state index is 11.6. The smallest absolute Gasteiger partial charge is 0.226 e. The highest BCUT2D eigenvalue weighted by molar-refractivity contribution is 7.88. The minimum absolute atomic E-state index is 0.0511. The molecule has 0 spiro atoms. The number of ether oxygens (including phenoxy) is 1. The Hall–Kier alpha value is -0.660. The lowest BCUT2D eigenvalue weighted by Crippen LogP contribution is -2.56. The molecular formula is C9H18N2O4S. The number of amides is 1. The summed E-state index contributed by atoms with van der Waals surface area (Å²) in [4.78, 5) is 11.6. The van der Waals surface area contributed by atoms with Gasteiger partial charge in [0.25, 0.3) is 0 Å². The van der Waals surface area contributed by atoms with E-state index in [1.165, 1.54) is 4.31 Å². The maximum Gasteiger partial charge on any atom is 0.226 e. The molecule has 1 aliphatic rings. The molecule has 1 amide bonds. The molecule has 6 nitrogen and oxygen atoms in total. The second-order valence-corrected chi connectivity index (χ2v) is 6.12. The van der Waals surface area contributed by atoms with Gasteiger partial charge in [-0.3, -0.25) is 4.79 Å². The standard InChI is InChI=1S/C9H18N2O4S/c1-7(6-15-2)10-9(12)8-4-11(5-8)16(3,13)14/h7-8H,4-6H2,1-3H3,(H,10,12). The van der Waals surface area contributed by atoms with Crippen molar-refractivity contribution >= 4 is 15.9 Å². The van der Waals surface area contributed by atoms with Gasteiger partial charge in [0.15, 0.2) is 0 Å². The Kier molecular flexibility index (Phi) is 4.28. The molecule has 1 heterocycles. The first-order chi connectivity index (χ1) is 7.34. The zero-order valence-corrected chi connectivity index (χ0v) is 10.6. The fraction of sp³-hybridized carbons (Fsp3) is 0.889. The first kappa shape index (κ1) is 13.4. The Morgan fingerprint density at radius 2 is 2.12 bits per heavy atom. The normalized spacial score (nSPS) is 20.2. The number of sulfonamides is 1. The molecule has 0 aromatic carbocycles. The average molecular weight is 250 g/mol. The number of methoxy groups -OCH3 is 1. The van der Waals surface area contributed by atoms with Gasteiger partial charge in [-0.1, -0.05) is 0 Å². The van der Waals surface area contributed by atoms with E-state index < -0.39 is 10.0 Å². The van der Waals surface area contributed by atoms with E-state index in [9.17, 15) is 13.2 Å². The van der Waals surface area contributed by atoms with Gasteiger partial charge in [-0.2, -0.15) is 0 Å². The zero-order valence-electron chi connectivity index (χ0n) is 9.76. The lowest BCUT2D eigenvalue weighted by molar-refractivity contribution is -0.129. The largest absolute Gasteiger partial charge is 0.383 e. The summed E-state index contributed by atoms with van der Waals surface area (Å²) in [5.41, 5.74) is 0. The quantitative estimate of drug-likeness (QED) is 0.681. The van der Waals surface area contributed by atoms with Gasteiger partial charge >= 0.3 is 0 Å². The molecule has 1 atom stereocenters. The SMILES string of the molecule is COCC(C)NC(=O)C1CN(S(C)(=O)=O)C1. The van der Waals surface area contributed by atoms with E-state index in [4.69, 9.17) is 4.74 Å². The van der Waals surface area contributed by atoms with E-state index in [2.05, 4.69) is 5.32 Å². The Bertz CT molecular complexity index is 349. The number of carbonyl (C=O) groups is 1. The average Bonchev–Trinajstić information content (AvgIpc) is 1.97. The molecule has 0 aliphatic carbocycles.